The van der Waals surface area contributed by atoms with Crippen molar-refractivity contribution in [2.45, 2.75) is 26.3 Å². The number of carbonyl (C=O) groups is 2. The molecule has 10 heteroatoms. The van der Waals surface area contributed by atoms with Gasteiger partial charge in [0.05, 0.1) is 17.3 Å². The van der Waals surface area contributed by atoms with Crippen molar-refractivity contribution < 1.29 is 32.6 Å². The Labute approximate surface area is 192 Å². The number of aromatic nitrogens is 2. The largest absolute Gasteiger partial charge is 0.573 e. The summed E-state index contributed by atoms with van der Waals surface area (Å²) in [4.78, 5) is 27.5. The summed E-state index contributed by atoms with van der Waals surface area (Å²) in [7, 11) is 0. The molecule has 7 nitrogen and oxygen atoms in total. The fraction of sp³-hybridized carbons (Fsp3) is 0.167. The van der Waals surface area contributed by atoms with Gasteiger partial charge in [-0.15, -0.1) is 18.3 Å². The van der Waals surface area contributed by atoms with Crippen LogP contribution in [0.2, 0.25) is 0 Å². The number of aliphatic hydroxyl groups is 1. The van der Waals surface area contributed by atoms with Gasteiger partial charge in [0.25, 0.3) is 5.91 Å². The molecule has 1 aromatic heterocycles. The Balaban J connectivity index is 1.81. The number of benzene rings is 2. The Morgan fingerprint density at radius 2 is 1.62 bits per heavy atom. The topological polar surface area (TPSA) is 92.6 Å². The molecule has 1 aliphatic rings. The number of amides is 1. The Kier molecular flexibility index (Phi) is 5.82. The van der Waals surface area contributed by atoms with Crippen LogP contribution in [-0.4, -0.2) is 33.4 Å². The number of ether oxygens (including phenoxy) is 1. The molecule has 3 aromatic rings. The van der Waals surface area contributed by atoms with E-state index >= 15 is 0 Å². The lowest BCUT2D eigenvalue weighted by molar-refractivity contribution is -0.274. The normalized spacial score (nSPS) is 16.2. The summed E-state index contributed by atoms with van der Waals surface area (Å²) in [6.45, 7) is 3.54. The van der Waals surface area contributed by atoms with E-state index in [1.165, 1.54) is 18.2 Å². The summed E-state index contributed by atoms with van der Waals surface area (Å²) in [6, 6.07) is 13.2. The molecule has 4 rings (SSSR count). The first-order valence-electron chi connectivity index (χ1n) is 10.1. The lowest BCUT2D eigenvalue weighted by Gasteiger charge is -2.25. The second-order valence-corrected chi connectivity index (χ2v) is 7.68. The van der Waals surface area contributed by atoms with Crippen LogP contribution in [0.25, 0.3) is 0 Å². The predicted octanol–water partition coefficient (Wildman–Crippen LogP) is 4.77. The molecule has 1 aliphatic heterocycles. The van der Waals surface area contributed by atoms with Crippen LogP contribution in [0.15, 0.2) is 72.0 Å². The summed E-state index contributed by atoms with van der Waals surface area (Å²) in [5, 5.41) is 18.6. The Morgan fingerprint density at radius 3 is 2.18 bits per heavy atom. The smallest absolute Gasteiger partial charge is 0.503 e. The highest BCUT2D eigenvalue weighted by molar-refractivity contribution is 6.20. The fourth-order valence-electron chi connectivity index (χ4n) is 3.62. The molecule has 0 fully saturated rings. The summed E-state index contributed by atoms with van der Waals surface area (Å²) in [5.74, 6) is -2.66. The number of hydrogen-bond donors (Lipinski definition) is 1. The number of ketones is 1. The number of anilines is 1. The average Bonchev–Trinajstić information content (AvgIpc) is 3.04. The average molecular weight is 469 g/mol. The first-order chi connectivity index (χ1) is 16.0. The summed E-state index contributed by atoms with van der Waals surface area (Å²) in [5.41, 5.74) is 1.77. The SMILES string of the molecule is Cc1ccc(C(=O)C2=C(O)C(=O)N(c3ccc(C)nn3)[C@@H]2c2ccc(OC(F)(F)F)cc2)cc1. The highest BCUT2D eigenvalue weighted by Crippen LogP contribution is 2.41. The second-order valence-electron chi connectivity index (χ2n) is 7.68. The van der Waals surface area contributed by atoms with E-state index in [2.05, 4.69) is 14.9 Å². The molecule has 0 radical (unpaired) electrons. The molecule has 0 saturated heterocycles. The molecule has 2 aromatic carbocycles. The zero-order valence-corrected chi connectivity index (χ0v) is 18.0. The van der Waals surface area contributed by atoms with Crippen molar-refractivity contribution in [2.75, 3.05) is 4.90 Å². The lowest BCUT2D eigenvalue weighted by atomic mass is 9.92. The molecule has 1 amide bonds. The maximum absolute atomic E-state index is 13.4. The van der Waals surface area contributed by atoms with E-state index in [1.54, 1.807) is 37.3 Å². The van der Waals surface area contributed by atoms with E-state index in [4.69, 9.17) is 0 Å². The highest BCUT2D eigenvalue weighted by atomic mass is 19.4. The molecule has 0 bridgehead atoms. The van der Waals surface area contributed by atoms with Gasteiger partial charge in [-0.25, -0.2) is 0 Å². The van der Waals surface area contributed by atoms with Gasteiger partial charge in [-0.1, -0.05) is 42.0 Å². The Hall–Kier alpha value is -4.21. The summed E-state index contributed by atoms with van der Waals surface area (Å²) < 4.78 is 41.6. The quantitative estimate of drug-likeness (QED) is 0.541. The van der Waals surface area contributed by atoms with Gasteiger partial charge in [0.15, 0.2) is 17.4 Å². The zero-order valence-electron chi connectivity index (χ0n) is 18.0. The van der Waals surface area contributed by atoms with Gasteiger partial charge in [0.1, 0.15) is 5.75 Å². The predicted molar refractivity (Wildman–Crippen MR) is 115 cm³/mol. The summed E-state index contributed by atoms with van der Waals surface area (Å²) >= 11 is 0. The first-order valence-corrected chi connectivity index (χ1v) is 10.1. The third-order valence-electron chi connectivity index (χ3n) is 5.23. The van der Waals surface area contributed by atoms with E-state index in [0.29, 0.717) is 5.69 Å². The van der Waals surface area contributed by atoms with Gasteiger partial charge >= 0.3 is 6.36 Å². The maximum atomic E-state index is 13.4. The van der Waals surface area contributed by atoms with Gasteiger partial charge in [0, 0.05) is 5.56 Å². The minimum Gasteiger partial charge on any atom is -0.503 e. The number of aryl methyl sites for hydroxylation is 2. The number of aliphatic hydroxyl groups excluding tert-OH is 1. The molecule has 1 N–H and O–H groups in total. The molecule has 174 valence electrons. The molecule has 0 unspecified atom stereocenters. The number of nitrogens with zero attached hydrogens (tertiary/aromatic N) is 3. The van der Waals surface area contributed by atoms with Crippen LogP contribution in [0.4, 0.5) is 19.0 Å². The number of carbonyl (C=O) groups excluding carboxylic acids is 2. The van der Waals surface area contributed by atoms with E-state index in [-0.39, 0.29) is 22.5 Å². The monoisotopic (exact) mass is 469 g/mol. The van der Waals surface area contributed by atoms with Gasteiger partial charge in [-0.2, -0.15) is 5.10 Å². The number of rotatable bonds is 5. The zero-order chi connectivity index (χ0) is 24.6. The molecular weight excluding hydrogens is 451 g/mol. The van der Waals surface area contributed by atoms with Crippen molar-refractivity contribution >= 4 is 17.5 Å². The van der Waals surface area contributed by atoms with Crippen LogP contribution < -0.4 is 9.64 Å². The number of Topliss-reactive ketones (excluding diaryl/α,β-unsaturated/α-hetero) is 1. The van der Waals surface area contributed by atoms with E-state index in [9.17, 15) is 27.9 Å². The number of alkyl halides is 3. The molecular formula is C24H18F3N3O4. The molecule has 1 atom stereocenters. The van der Waals surface area contributed by atoms with Crippen LogP contribution in [0, 0.1) is 13.8 Å². The van der Waals surface area contributed by atoms with E-state index in [0.717, 1.165) is 22.6 Å². The standard InChI is InChI=1S/C24H18F3N3O4/c1-13-3-6-16(7-4-13)21(31)19-20(15-8-10-17(11-9-15)34-24(25,26)27)30(23(33)22(19)32)18-12-5-14(2)28-29-18/h3-12,20,32H,1-2H3/t20-/m1/s1. The van der Waals surface area contributed by atoms with Crippen molar-refractivity contribution in [3.8, 4) is 5.75 Å². The third-order valence-corrected chi connectivity index (χ3v) is 5.23. The van der Waals surface area contributed by atoms with E-state index < -0.39 is 35.6 Å². The molecule has 0 spiro atoms. The molecule has 0 aliphatic carbocycles. The fourth-order valence-corrected chi connectivity index (χ4v) is 3.62. The Morgan fingerprint density at radius 1 is 0.971 bits per heavy atom. The molecule has 2 heterocycles. The highest BCUT2D eigenvalue weighted by Gasteiger charge is 2.45. The van der Waals surface area contributed by atoms with Gasteiger partial charge < -0.3 is 9.84 Å². The van der Waals surface area contributed by atoms with Gasteiger partial charge in [0.2, 0.25) is 0 Å². The van der Waals surface area contributed by atoms with Crippen LogP contribution in [0.3, 0.4) is 0 Å². The lowest BCUT2D eigenvalue weighted by Crippen LogP contribution is -2.32. The second kappa shape index (κ2) is 8.62. The minimum atomic E-state index is -4.88. The van der Waals surface area contributed by atoms with Gasteiger partial charge in [-0.3, -0.25) is 14.5 Å². The van der Waals surface area contributed by atoms with Crippen molar-refractivity contribution in [1.29, 1.82) is 0 Å². The van der Waals surface area contributed by atoms with Crippen LogP contribution >= 0.6 is 0 Å². The molecule has 0 saturated carbocycles. The number of hydrogen-bond acceptors (Lipinski definition) is 6. The van der Waals surface area contributed by atoms with Crippen molar-refractivity contribution in [3.63, 3.8) is 0 Å². The van der Waals surface area contributed by atoms with Crippen molar-refractivity contribution in [2.24, 2.45) is 0 Å². The number of halogens is 3. The van der Waals surface area contributed by atoms with Crippen LogP contribution in [0.1, 0.15) is 33.2 Å². The minimum absolute atomic E-state index is 0.0643. The maximum Gasteiger partial charge on any atom is 0.573 e. The van der Waals surface area contributed by atoms with Crippen LogP contribution in [0.5, 0.6) is 5.75 Å². The Bertz CT molecular complexity index is 1270. The first kappa shape index (κ1) is 23.0. The third kappa shape index (κ3) is 4.47. The molecule has 34 heavy (non-hydrogen) atoms. The van der Waals surface area contributed by atoms with E-state index in [1.807, 2.05) is 6.92 Å². The summed E-state index contributed by atoms with van der Waals surface area (Å²) in [6.07, 6.45) is -4.88. The van der Waals surface area contributed by atoms with Crippen molar-refractivity contribution in [1.82, 2.24) is 10.2 Å². The van der Waals surface area contributed by atoms with Gasteiger partial charge in [-0.05, 0) is 43.7 Å². The van der Waals surface area contributed by atoms with Crippen molar-refractivity contribution in [3.05, 3.63) is 94.4 Å². The van der Waals surface area contributed by atoms with Crippen LogP contribution in [-0.2, 0) is 4.79 Å².